The molecule has 0 unspecified atom stereocenters. The van der Waals surface area contributed by atoms with Gasteiger partial charge < -0.3 is 9.13 Å². The summed E-state index contributed by atoms with van der Waals surface area (Å²) in [5.41, 5.74) is 26.9. The minimum Gasteiger partial charge on any atom is -0.315 e. The van der Waals surface area contributed by atoms with Crippen LogP contribution >= 0.6 is 0 Å². The highest BCUT2D eigenvalue weighted by atomic mass is 15.0. The minimum absolute atomic E-state index is 0.0641. The number of rotatable bonds is 9. The molecule has 10 rings (SSSR count). The Morgan fingerprint density at radius 3 is 0.986 bits per heavy atom. The van der Waals surface area contributed by atoms with Crippen LogP contribution in [0, 0.1) is 27.7 Å². The van der Waals surface area contributed by atoms with Crippen molar-refractivity contribution in [1.82, 2.24) is 9.13 Å². The molecule has 0 aliphatic heterocycles. The summed E-state index contributed by atoms with van der Waals surface area (Å²) in [5, 5.41) is 0. The third-order valence-electron chi connectivity index (χ3n) is 14.1. The van der Waals surface area contributed by atoms with Gasteiger partial charge in [-0.3, -0.25) is 0 Å². The summed E-state index contributed by atoms with van der Waals surface area (Å²) >= 11 is 0. The van der Waals surface area contributed by atoms with Crippen LogP contribution in [0.15, 0.2) is 207 Å². The quantitative estimate of drug-likeness (QED) is 0.137. The van der Waals surface area contributed by atoms with Crippen LogP contribution in [-0.2, 0) is 10.8 Å². The van der Waals surface area contributed by atoms with Gasteiger partial charge in [0.15, 0.2) is 0 Å². The molecule has 0 amide bonds. The van der Waals surface area contributed by atoms with Crippen molar-refractivity contribution in [3.8, 4) is 89.5 Å². The monoisotopic (exact) mass is 909 g/mol. The van der Waals surface area contributed by atoms with Gasteiger partial charge in [-0.1, -0.05) is 210 Å². The number of hydrogen-bond donors (Lipinski definition) is 0. The van der Waals surface area contributed by atoms with Gasteiger partial charge in [0.25, 0.3) is 0 Å². The Morgan fingerprint density at radius 2 is 0.657 bits per heavy atom. The van der Waals surface area contributed by atoms with Gasteiger partial charge in [-0.25, -0.2) is 0 Å². The van der Waals surface area contributed by atoms with E-state index in [0.717, 1.165) is 11.4 Å². The van der Waals surface area contributed by atoms with Gasteiger partial charge in [0.2, 0.25) is 0 Å². The lowest BCUT2D eigenvalue weighted by Gasteiger charge is -2.20. The highest BCUT2D eigenvalue weighted by Gasteiger charge is 2.25. The Kier molecular flexibility index (Phi) is 12.1. The average molecular weight is 909 g/mol. The standard InChI is InChI=1S/C68H64N2/c1-45-19-17-25-53(39-45)65-63(49-21-13-11-14-22-49)61(43-69(65)57-33-29-55(30-34-57)67(5,6)7)51-27-37-59(47(3)41-51)60-38-28-52(42-48(60)4)62-44-70(58-35-31-56(32-36-58)68(8,9)10)66(54-26-18-20-46(2)40-54)64(62)50-23-15-12-16-24-50/h11-44H,1-10H3. The van der Waals surface area contributed by atoms with Crippen LogP contribution in [-0.4, -0.2) is 9.13 Å². The van der Waals surface area contributed by atoms with E-state index in [1.165, 1.54) is 112 Å². The van der Waals surface area contributed by atoms with Crippen LogP contribution < -0.4 is 0 Å². The molecule has 8 aromatic carbocycles. The second-order valence-electron chi connectivity index (χ2n) is 21.4. The first-order valence-corrected chi connectivity index (χ1v) is 24.8. The van der Waals surface area contributed by atoms with E-state index in [4.69, 9.17) is 0 Å². The lowest BCUT2D eigenvalue weighted by atomic mass is 9.87. The molecule has 2 heterocycles. The van der Waals surface area contributed by atoms with Crippen LogP contribution in [0.1, 0.15) is 74.9 Å². The van der Waals surface area contributed by atoms with Crippen molar-refractivity contribution in [2.75, 3.05) is 0 Å². The van der Waals surface area contributed by atoms with Crippen molar-refractivity contribution in [2.45, 2.75) is 80.1 Å². The Morgan fingerprint density at radius 1 is 0.300 bits per heavy atom. The molecule has 0 saturated carbocycles. The SMILES string of the molecule is Cc1cccc(-c2c(-c3ccccc3)c(-c3ccc(-c4ccc(-c5cn(-c6ccc(C(C)(C)C)cc6)c(-c6cccc(C)c6)c5-c5ccccc5)cc4C)c(C)c3)cn2-c2ccc(C(C)(C)C)cc2)c1. The molecule has 0 atom stereocenters. The largest absolute Gasteiger partial charge is 0.315 e. The number of hydrogen-bond acceptors (Lipinski definition) is 0. The van der Waals surface area contributed by atoms with Crippen LogP contribution in [0.5, 0.6) is 0 Å². The van der Waals surface area contributed by atoms with E-state index in [9.17, 15) is 0 Å². The first-order chi connectivity index (χ1) is 33.6. The fourth-order valence-electron chi connectivity index (χ4n) is 10.3. The van der Waals surface area contributed by atoms with Gasteiger partial charge in [-0.2, -0.15) is 0 Å². The van der Waals surface area contributed by atoms with Crippen molar-refractivity contribution < 1.29 is 0 Å². The van der Waals surface area contributed by atoms with Crippen LogP contribution in [0.2, 0.25) is 0 Å². The fraction of sp³-hybridized carbons (Fsp3) is 0.176. The third-order valence-corrected chi connectivity index (χ3v) is 14.1. The molecule has 70 heavy (non-hydrogen) atoms. The molecule has 10 aromatic rings. The van der Waals surface area contributed by atoms with Gasteiger partial charge in [0.1, 0.15) is 0 Å². The summed E-state index contributed by atoms with van der Waals surface area (Å²) in [4.78, 5) is 0. The highest BCUT2D eigenvalue weighted by Crippen LogP contribution is 2.47. The van der Waals surface area contributed by atoms with Gasteiger partial charge >= 0.3 is 0 Å². The summed E-state index contributed by atoms with van der Waals surface area (Å²) in [6.45, 7) is 22.6. The topological polar surface area (TPSA) is 9.86 Å². The van der Waals surface area contributed by atoms with Crippen molar-refractivity contribution in [3.05, 3.63) is 240 Å². The summed E-state index contributed by atoms with van der Waals surface area (Å²) in [7, 11) is 0. The van der Waals surface area contributed by atoms with E-state index in [1.807, 2.05) is 0 Å². The fourth-order valence-corrected chi connectivity index (χ4v) is 10.3. The van der Waals surface area contributed by atoms with Crippen molar-refractivity contribution in [1.29, 1.82) is 0 Å². The highest BCUT2D eigenvalue weighted by molar-refractivity contribution is 5.97. The Labute approximate surface area is 416 Å². The third kappa shape index (κ3) is 8.91. The molecule has 0 aliphatic carbocycles. The lowest BCUT2D eigenvalue weighted by molar-refractivity contribution is 0.590. The molecule has 0 aliphatic rings. The van der Waals surface area contributed by atoms with Crippen LogP contribution in [0.25, 0.3) is 89.5 Å². The Bertz CT molecular complexity index is 3260. The van der Waals surface area contributed by atoms with E-state index < -0.39 is 0 Å². The second kappa shape index (κ2) is 18.3. The van der Waals surface area contributed by atoms with Crippen molar-refractivity contribution >= 4 is 0 Å². The van der Waals surface area contributed by atoms with E-state index in [-0.39, 0.29) is 10.8 Å². The Hall–Kier alpha value is -7.68. The van der Waals surface area contributed by atoms with E-state index in [2.05, 4.69) is 285 Å². The molecular weight excluding hydrogens is 845 g/mol. The lowest BCUT2D eigenvalue weighted by Crippen LogP contribution is -2.10. The predicted octanol–water partition coefficient (Wildman–Crippen LogP) is 18.8. The van der Waals surface area contributed by atoms with Crippen molar-refractivity contribution in [3.63, 3.8) is 0 Å². The number of aryl methyl sites for hydroxylation is 4. The zero-order chi connectivity index (χ0) is 48.9. The first kappa shape index (κ1) is 46.1. The number of nitrogens with zero attached hydrogens (tertiary/aromatic N) is 2. The van der Waals surface area contributed by atoms with E-state index in [0.29, 0.717) is 0 Å². The van der Waals surface area contributed by atoms with Crippen LogP contribution in [0.3, 0.4) is 0 Å². The maximum atomic E-state index is 2.41. The minimum atomic E-state index is 0.0641. The van der Waals surface area contributed by atoms with Gasteiger partial charge in [-0.15, -0.1) is 0 Å². The summed E-state index contributed by atoms with van der Waals surface area (Å²) in [6, 6.07) is 72.1. The molecule has 0 radical (unpaired) electrons. The number of benzene rings is 8. The zero-order valence-electron chi connectivity index (χ0n) is 42.5. The maximum absolute atomic E-state index is 2.41. The maximum Gasteiger partial charge on any atom is 0.0613 e. The molecule has 346 valence electrons. The zero-order valence-corrected chi connectivity index (χ0v) is 42.5. The summed E-state index contributed by atoms with van der Waals surface area (Å²) < 4.78 is 4.82. The normalized spacial score (nSPS) is 11.9. The first-order valence-electron chi connectivity index (χ1n) is 24.8. The van der Waals surface area contributed by atoms with Crippen LogP contribution in [0.4, 0.5) is 0 Å². The molecule has 0 N–H and O–H groups in total. The smallest absolute Gasteiger partial charge is 0.0613 e. The Balaban J connectivity index is 1.10. The van der Waals surface area contributed by atoms with Gasteiger partial charge in [0.05, 0.1) is 11.4 Å². The molecule has 0 fully saturated rings. The molecule has 0 saturated heterocycles. The number of aromatic nitrogens is 2. The molecular formula is C68H64N2. The summed E-state index contributed by atoms with van der Waals surface area (Å²) in [5.74, 6) is 0. The molecule has 2 aromatic heterocycles. The van der Waals surface area contributed by atoms with Crippen molar-refractivity contribution in [2.24, 2.45) is 0 Å². The predicted molar refractivity (Wildman–Crippen MR) is 299 cm³/mol. The van der Waals surface area contributed by atoms with Gasteiger partial charge in [0, 0.05) is 46.0 Å². The average Bonchev–Trinajstić information content (AvgIpc) is 3.95. The molecule has 0 spiro atoms. The summed E-state index contributed by atoms with van der Waals surface area (Å²) in [6.07, 6.45) is 4.72. The van der Waals surface area contributed by atoms with Gasteiger partial charge in [-0.05, 0) is 142 Å². The van der Waals surface area contributed by atoms with E-state index in [1.54, 1.807) is 0 Å². The second-order valence-corrected chi connectivity index (χ2v) is 21.4. The molecule has 2 nitrogen and oxygen atoms in total. The van der Waals surface area contributed by atoms with E-state index >= 15 is 0 Å². The molecule has 2 heteroatoms. The molecule has 0 bridgehead atoms.